The van der Waals surface area contributed by atoms with E-state index in [0.717, 1.165) is 5.56 Å². The first-order valence-electron chi connectivity index (χ1n) is 9.43. The largest absolute Gasteiger partial charge is 0.454 e. The zero-order chi connectivity index (χ0) is 20.9. The highest BCUT2D eigenvalue weighted by molar-refractivity contribution is 6.30. The van der Waals surface area contributed by atoms with Crippen molar-refractivity contribution in [2.45, 2.75) is 12.8 Å². The quantitative estimate of drug-likeness (QED) is 0.592. The fourth-order valence-electron chi connectivity index (χ4n) is 3.08. The molecular weight excluding hydrogens is 404 g/mol. The first-order chi connectivity index (χ1) is 14.6. The number of nitrogens with one attached hydrogen (secondary N) is 2. The summed E-state index contributed by atoms with van der Waals surface area (Å²) in [5, 5.41) is 6.31. The van der Waals surface area contributed by atoms with Gasteiger partial charge in [0.15, 0.2) is 11.5 Å². The summed E-state index contributed by atoms with van der Waals surface area (Å²) >= 11 is 5.88. The van der Waals surface area contributed by atoms with E-state index in [-0.39, 0.29) is 18.6 Å². The van der Waals surface area contributed by atoms with E-state index in [9.17, 15) is 9.59 Å². The molecule has 2 N–H and O–H groups in total. The molecule has 0 bridgehead atoms. The second-order valence-electron chi connectivity index (χ2n) is 6.74. The minimum atomic E-state index is -0.331. The molecule has 1 heterocycles. The minimum absolute atomic E-state index is 0.164. The summed E-state index contributed by atoms with van der Waals surface area (Å²) in [4.78, 5) is 25.2. The Morgan fingerprint density at radius 1 is 0.900 bits per heavy atom. The zero-order valence-corrected chi connectivity index (χ0v) is 16.7. The van der Waals surface area contributed by atoms with Crippen LogP contribution in [0.3, 0.4) is 0 Å². The lowest BCUT2D eigenvalue weighted by Crippen LogP contribution is -2.18. The van der Waals surface area contributed by atoms with E-state index in [2.05, 4.69) is 10.6 Å². The zero-order valence-electron chi connectivity index (χ0n) is 16.0. The minimum Gasteiger partial charge on any atom is -0.454 e. The highest BCUT2D eigenvalue weighted by atomic mass is 35.5. The molecular formula is C23H19ClN2O4. The molecule has 1 aliphatic heterocycles. The molecule has 3 aromatic carbocycles. The van der Waals surface area contributed by atoms with Gasteiger partial charge in [-0.25, -0.2) is 0 Å². The SMILES string of the molecule is O=C(CCc1ccc(Cl)cc1)Nc1ccccc1C(=O)Nc1ccc2c(c1)OCO2. The number of halogens is 1. The Balaban J connectivity index is 1.40. The Bertz CT molecular complexity index is 1080. The van der Waals surface area contributed by atoms with Gasteiger partial charge in [-0.15, -0.1) is 0 Å². The van der Waals surface area contributed by atoms with Crippen LogP contribution in [0.4, 0.5) is 11.4 Å². The van der Waals surface area contributed by atoms with Crippen molar-refractivity contribution in [1.29, 1.82) is 0 Å². The van der Waals surface area contributed by atoms with Crippen LogP contribution in [0.5, 0.6) is 11.5 Å². The van der Waals surface area contributed by atoms with E-state index in [4.69, 9.17) is 21.1 Å². The molecule has 0 aliphatic carbocycles. The lowest BCUT2D eigenvalue weighted by Gasteiger charge is -2.12. The third kappa shape index (κ3) is 4.72. The molecule has 7 heteroatoms. The third-order valence-corrected chi connectivity index (χ3v) is 4.88. The van der Waals surface area contributed by atoms with Gasteiger partial charge in [-0.3, -0.25) is 9.59 Å². The van der Waals surface area contributed by atoms with Crippen LogP contribution in [0.2, 0.25) is 5.02 Å². The molecule has 0 radical (unpaired) electrons. The molecule has 0 atom stereocenters. The summed E-state index contributed by atoms with van der Waals surface area (Å²) in [5.74, 6) is 0.716. The van der Waals surface area contributed by atoms with Crippen LogP contribution in [-0.4, -0.2) is 18.6 Å². The molecule has 0 saturated carbocycles. The Morgan fingerprint density at radius 2 is 1.67 bits per heavy atom. The van der Waals surface area contributed by atoms with Gasteiger partial charge in [0.2, 0.25) is 12.7 Å². The summed E-state index contributed by atoms with van der Waals surface area (Å²) < 4.78 is 10.6. The van der Waals surface area contributed by atoms with Crippen LogP contribution in [0.25, 0.3) is 0 Å². The molecule has 0 spiro atoms. The van der Waals surface area contributed by atoms with Gasteiger partial charge in [0.05, 0.1) is 11.3 Å². The summed E-state index contributed by atoms with van der Waals surface area (Å²) in [7, 11) is 0. The Hall–Kier alpha value is -3.51. The average molecular weight is 423 g/mol. The van der Waals surface area contributed by atoms with Crippen LogP contribution < -0.4 is 20.1 Å². The van der Waals surface area contributed by atoms with Crippen LogP contribution >= 0.6 is 11.6 Å². The summed E-state index contributed by atoms with van der Waals surface area (Å²) in [6.07, 6.45) is 0.869. The maximum Gasteiger partial charge on any atom is 0.257 e. The van der Waals surface area contributed by atoms with Crippen LogP contribution in [0.1, 0.15) is 22.3 Å². The molecule has 152 valence electrons. The van der Waals surface area contributed by atoms with E-state index >= 15 is 0 Å². The second kappa shape index (κ2) is 8.88. The number of carbonyl (C=O) groups is 2. The molecule has 0 unspecified atom stereocenters. The topological polar surface area (TPSA) is 76.7 Å². The maximum atomic E-state index is 12.8. The van der Waals surface area contributed by atoms with E-state index in [0.29, 0.717) is 46.3 Å². The van der Waals surface area contributed by atoms with Gasteiger partial charge in [0.25, 0.3) is 5.91 Å². The average Bonchev–Trinajstić information content (AvgIpc) is 3.21. The Labute approximate surface area is 178 Å². The van der Waals surface area contributed by atoms with Crippen molar-refractivity contribution in [2.24, 2.45) is 0 Å². The molecule has 1 aliphatic rings. The highest BCUT2D eigenvalue weighted by Gasteiger charge is 2.17. The molecule has 0 aromatic heterocycles. The van der Waals surface area contributed by atoms with Gasteiger partial charge < -0.3 is 20.1 Å². The van der Waals surface area contributed by atoms with Crippen molar-refractivity contribution in [3.8, 4) is 11.5 Å². The molecule has 0 fully saturated rings. The van der Waals surface area contributed by atoms with Crippen molar-refractivity contribution in [2.75, 3.05) is 17.4 Å². The van der Waals surface area contributed by atoms with E-state index < -0.39 is 0 Å². The predicted octanol–water partition coefficient (Wildman–Crippen LogP) is 4.89. The number of benzene rings is 3. The fourth-order valence-corrected chi connectivity index (χ4v) is 3.21. The predicted molar refractivity (Wildman–Crippen MR) is 115 cm³/mol. The first-order valence-corrected chi connectivity index (χ1v) is 9.80. The lowest BCUT2D eigenvalue weighted by molar-refractivity contribution is -0.116. The van der Waals surface area contributed by atoms with E-state index in [1.807, 2.05) is 12.1 Å². The van der Waals surface area contributed by atoms with Crippen LogP contribution in [0, 0.1) is 0 Å². The standard InChI is InChI=1S/C23H19ClN2O4/c24-16-8-5-15(6-9-16)7-12-22(27)26-19-4-2-1-3-18(19)23(28)25-17-10-11-20-21(13-17)30-14-29-20/h1-6,8-11,13H,7,12,14H2,(H,25,28)(H,26,27). The Morgan fingerprint density at radius 3 is 2.50 bits per heavy atom. The normalized spacial score (nSPS) is 11.8. The molecule has 3 aromatic rings. The summed E-state index contributed by atoms with van der Waals surface area (Å²) in [6, 6.07) is 19.4. The van der Waals surface area contributed by atoms with Crippen molar-refractivity contribution >= 4 is 34.8 Å². The molecule has 6 nitrogen and oxygen atoms in total. The molecule has 30 heavy (non-hydrogen) atoms. The van der Waals surface area contributed by atoms with Crippen LogP contribution in [-0.2, 0) is 11.2 Å². The van der Waals surface area contributed by atoms with Gasteiger partial charge >= 0.3 is 0 Å². The fraction of sp³-hybridized carbons (Fsp3) is 0.130. The number of rotatable bonds is 6. The van der Waals surface area contributed by atoms with Crippen LogP contribution in [0.15, 0.2) is 66.7 Å². The summed E-state index contributed by atoms with van der Waals surface area (Å²) in [6.45, 7) is 0.164. The monoisotopic (exact) mass is 422 g/mol. The number of amides is 2. The lowest BCUT2D eigenvalue weighted by atomic mass is 10.1. The number of hydrogen-bond donors (Lipinski definition) is 2. The van der Waals surface area contributed by atoms with Gasteiger partial charge in [-0.1, -0.05) is 35.9 Å². The highest BCUT2D eigenvalue weighted by Crippen LogP contribution is 2.34. The Kier molecular flexibility index (Phi) is 5.86. The van der Waals surface area contributed by atoms with E-state index in [1.165, 1.54) is 0 Å². The van der Waals surface area contributed by atoms with Crippen molar-refractivity contribution < 1.29 is 19.1 Å². The third-order valence-electron chi connectivity index (χ3n) is 4.63. The smallest absolute Gasteiger partial charge is 0.257 e. The van der Waals surface area contributed by atoms with Crippen molar-refractivity contribution in [1.82, 2.24) is 0 Å². The number of ether oxygens (including phenoxy) is 2. The second-order valence-corrected chi connectivity index (χ2v) is 7.18. The van der Waals surface area contributed by atoms with Crippen molar-refractivity contribution in [3.63, 3.8) is 0 Å². The number of para-hydroxylation sites is 1. The maximum absolute atomic E-state index is 12.8. The first kappa shape index (κ1) is 19.8. The van der Waals surface area contributed by atoms with Gasteiger partial charge in [-0.2, -0.15) is 0 Å². The number of fused-ring (bicyclic) bond motifs is 1. The van der Waals surface area contributed by atoms with Gasteiger partial charge in [0, 0.05) is 23.2 Å². The van der Waals surface area contributed by atoms with Gasteiger partial charge in [-0.05, 0) is 48.4 Å². The molecule has 4 rings (SSSR count). The van der Waals surface area contributed by atoms with Gasteiger partial charge in [0.1, 0.15) is 0 Å². The van der Waals surface area contributed by atoms with E-state index in [1.54, 1.807) is 54.6 Å². The molecule has 2 amide bonds. The number of carbonyl (C=O) groups excluding carboxylic acids is 2. The van der Waals surface area contributed by atoms with Crippen molar-refractivity contribution in [3.05, 3.63) is 82.9 Å². The number of aryl methyl sites for hydroxylation is 1. The number of anilines is 2. The number of hydrogen-bond acceptors (Lipinski definition) is 4. The molecule has 0 saturated heterocycles. The summed E-state index contributed by atoms with van der Waals surface area (Å²) in [5.41, 5.74) is 2.42.